The van der Waals surface area contributed by atoms with E-state index in [2.05, 4.69) is 38.5 Å². The molecule has 0 saturated heterocycles. The number of methoxy groups -OCH3 is 1. The van der Waals surface area contributed by atoms with Crippen molar-refractivity contribution in [1.82, 2.24) is 26.3 Å². The molecule has 0 radical (unpaired) electrons. The van der Waals surface area contributed by atoms with E-state index < -0.39 is 41.9 Å². The number of rotatable bonds is 20. The summed E-state index contributed by atoms with van der Waals surface area (Å²) >= 11 is 0. The van der Waals surface area contributed by atoms with Gasteiger partial charge in [-0.3, -0.25) is 24.2 Å². The quantitative estimate of drug-likeness (QED) is 0.105. The normalized spacial score (nSPS) is 14.5. The monoisotopic (exact) mass is 642 g/mol. The largest absolute Gasteiger partial charge is 0.497 e. The molecule has 46 heavy (non-hydrogen) atoms. The molecular weight excluding hydrogens is 588 g/mol. The van der Waals surface area contributed by atoms with E-state index in [1.165, 1.54) is 13.8 Å². The van der Waals surface area contributed by atoms with E-state index in [-0.39, 0.29) is 17.9 Å². The van der Waals surface area contributed by atoms with Crippen molar-refractivity contribution >= 4 is 40.2 Å². The van der Waals surface area contributed by atoms with Crippen LogP contribution in [0.15, 0.2) is 30.5 Å². The van der Waals surface area contributed by atoms with Gasteiger partial charge in [0.15, 0.2) is 0 Å². The Kier molecular flexibility index (Phi) is 16.2. The third kappa shape index (κ3) is 12.8. The number of fused-ring (bicyclic) bond motifs is 1. The first kappa shape index (κ1) is 38.2. The highest BCUT2D eigenvalue weighted by Crippen LogP contribution is 2.28. The van der Waals surface area contributed by atoms with Crippen molar-refractivity contribution in [3.8, 4) is 5.75 Å². The van der Waals surface area contributed by atoms with Gasteiger partial charge in [0.25, 0.3) is 0 Å². The third-order valence-electron chi connectivity index (χ3n) is 7.51. The molecule has 256 valence electrons. The second kappa shape index (κ2) is 19.5. The lowest BCUT2D eigenvalue weighted by atomic mass is 10.0. The number of nitrogens with zero attached hydrogens (tertiary/aromatic N) is 1. The molecule has 0 aliphatic heterocycles. The van der Waals surface area contributed by atoms with E-state index in [1.807, 2.05) is 38.1 Å². The number of nitrogens with one attached hydrogen (secondary N) is 5. The molecule has 0 saturated carbocycles. The Balaban J connectivity index is 1.93. The highest BCUT2D eigenvalue weighted by Gasteiger charge is 2.28. The molecule has 0 aliphatic rings. The van der Waals surface area contributed by atoms with Gasteiger partial charge in [0.2, 0.25) is 23.6 Å². The molecule has 13 heteroatoms. The molecule has 4 amide bonds. The number of hydrogen-bond donors (Lipinski definition) is 7. The summed E-state index contributed by atoms with van der Waals surface area (Å²) in [5.74, 6) is -0.890. The Morgan fingerprint density at radius 3 is 2.24 bits per heavy atom. The number of anilines is 1. The topological polar surface area (TPSA) is 203 Å². The summed E-state index contributed by atoms with van der Waals surface area (Å²) in [7, 11) is 1.63. The lowest BCUT2D eigenvalue weighted by molar-refractivity contribution is -0.133. The third-order valence-corrected chi connectivity index (χ3v) is 7.51. The Morgan fingerprint density at radius 1 is 0.870 bits per heavy atom. The highest BCUT2D eigenvalue weighted by atomic mass is 16.5. The summed E-state index contributed by atoms with van der Waals surface area (Å²) in [5, 5.41) is 15.5. The molecule has 0 spiro atoms. The maximum Gasteiger partial charge on any atom is 0.243 e. The zero-order chi connectivity index (χ0) is 34.2. The number of carbonyl (C=O) groups excluding carboxylic acids is 4. The summed E-state index contributed by atoms with van der Waals surface area (Å²) in [4.78, 5) is 55.8. The molecule has 13 nitrogen and oxygen atoms in total. The molecule has 0 bridgehead atoms. The van der Waals surface area contributed by atoms with Gasteiger partial charge in [0.1, 0.15) is 23.9 Å². The number of amides is 4. The van der Waals surface area contributed by atoms with Crippen molar-refractivity contribution in [2.75, 3.05) is 25.5 Å². The van der Waals surface area contributed by atoms with Crippen LogP contribution in [0.1, 0.15) is 73.1 Å². The molecule has 1 heterocycles. The van der Waals surface area contributed by atoms with Crippen LogP contribution in [-0.2, 0) is 19.2 Å². The van der Waals surface area contributed by atoms with Gasteiger partial charge >= 0.3 is 0 Å². The van der Waals surface area contributed by atoms with Crippen molar-refractivity contribution in [1.29, 1.82) is 0 Å². The molecule has 0 aliphatic carbocycles. The number of aromatic nitrogens is 1. The van der Waals surface area contributed by atoms with Crippen LogP contribution in [0.3, 0.4) is 0 Å². The van der Waals surface area contributed by atoms with Crippen molar-refractivity contribution in [2.24, 2.45) is 17.4 Å². The van der Waals surface area contributed by atoms with Gasteiger partial charge in [-0.25, -0.2) is 0 Å². The minimum atomic E-state index is -0.937. The molecule has 1 aromatic carbocycles. The second-order valence-electron chi connectivity index (χ2n) is 12.3. The summed E-state index contributed by atoms with van der Waals surface area (Å²) in [6.45, 7) is 9.89. The molecule has 0 fully saturated rings. The maximum atomic E-state index is 13.1. The van der Waals surface area contributed by atoms with Crippen LogP contribution in [0.4, 0.5) is 5.69 Å². The van der Waals surface area contributed by atoms with E-state index in [9.17, 15) is 19.2 Å². The van der Waals surface area contributed by atoms with Gasteiger partial charge in [0.05, 0.1) is 24.4 Å². The van der Waals surface area contributed by atoms with Crippen LogP contribution in [0.5, 0.6) is 5.75 Å². The zero-order valence-electron chi connectivity index (χ0n) is 28.2. The molecule has 1 unspecified atom stereocenters. The molecular formula is C33H54N8O5. The number of carbonyl (C=O) groups is 4. The number of nitrogens with two attached hydrogens (primary N) is 2. The van der Waals surface area contributed by atoms with Gasteiger partial charge in [-0.2, -0.15) is 0 Å². The summed E-state index contributed by atoms with van der Waals surface area (Å²) in [6.07, 6.45) is 5.38. The minimum Gasteiger partial charge on any atom is -0.497 e. The van der Waals surface area contributed by atoms with Crippen LogP contribution >= 0.6 is 0 Å². The molecule has 2 rings (SSSR count). The first-order chi connectivity index (χ1) is 21.9. The van der Waals surface area contributed by atoms with Crippen LogP contribution < -0.4 is 42.8 Å². The van der Waals surface area contributed by atoms with Crippen LogP contribution in [0.25, 0.3) is 10.9 Å². The highest BCUT2D eigenvalue weighted by molar-refractivity contribution is 5.94. The number of pyridine rings is 1. The fraction of sp³-hybridized carbons (Fsp3) is 0.606. The molecule has 1 aromatic heterocycles. The summed E-state index contributed by atoms with van der Waals surface area (Å²) < 4.78 is 5.44. The standard InChI is InChI=1S/C33H54N8O5/c1-20(2)17-28(41-30(42)22(4)35)33(45)39-23(5)31(43)40-26(13-7-8-14-34)32(44)37-16-9-11-21(3)38-27-19-25(46-6)18-24-12-10-15-36-29(24)27/h10,12,15,18-23,26,28,38H,7-9,11,13-14,16-17,34-35H2,1-6H3,(H,37,44)(H,39,45)(H,40,43)(H,41,42)/t21?,22-,23-,26-,28-/m0/s1. The molecule has 5 atom stereocenters. The fourth-order valence-corrected chi connectivity index (χ4v) is 4.92. The van der Waals surface area contributed by atoms with Gasteiger partial charge in [0, 0.05) is 30.2 Å². The zero-order valence-corrected chi connectivity index (χ0v) is 28.2. The molecule has 2 aromatic rings. The summed E-state index contributed by atoms with van der Waals surface area (Å²) in [5.41, 5.74) is 13.0. The second-order valence-corrected chi connectivity index (χ2v) is 12.3. The summed E-state index contributed by atoms with van der Waals surface area (Å²) in [6, 6.07) is 4.49. The number of hydrogen-bond acceptors (Lipinski definition) is 9. The van der Waals surface area contributed by atoms with Gasteiger partial charge in [-0.1, -0.05) is 19.9 Å². The van der Waals surface area contributed by atoms with Crippen molar-refractivity contribution in [2.45, 2.75) is 103 Å². The van der Waals surface area contributed by atoms with E-state index in [1.54, 1.807) is 13.3 Å². The van der Waals surface area contributed by atoms with E-state index in [0.717, 1.165) is 28.8 Å². The van der Waals surface area contributed by atoms with Crippen LogP contribution in [-0.4, -0.2) is 79.0 Å². The Hall–Kier alpha value is -3.97. The molecule has 9 N–H and O–H groups in total. The lowest BCUT2D eigenvalue weighted by Gasteiger charge is -2.25. The van der Waals surface area contributed by atoms with E-state index >= 15 is 0 Å². The van der Waals surface area contributed by atoms with Gasteiger partial charge < -0.3 is 42.8 Å². The fourth-order valence-electron chi connectivity index (χ4n) is 4.92. The predicted molar refractivity (Wildman–Crippen MR) is 181 cm³/mol. The Labute approximate surface area is 272 Å². The van der Waals surface area contributed by atoms with Crippen LogP contribution in [0, 0.1) is 5.92 Å². The van der Waals surface area contributed by atoms with Crippen molar-refractivity contribution in [3.05, 3.63) is 30.5 Å². The van der Waals surface area contributed by atoms with Gasteiger partial charge in [-0.05, 0) is 83.9 Å². The first-order valence-corrected chi connectivity index (χ1v) is 16.2. The first-order valence-electron chi connectivity index (χ1n) is 16.2. The van der Waals surface area contributed by atoms with Crippen molar-refractivity contribution < 1.29 is 23.9 Å². The average molecular weight is 643 g/mol. The maximum absolute atomic E-state index is 13.1. The van der Waals surface area contributed by atoms with Crippen molar-refractivity contribution in [3.63, 3.8) is 0 Å². The lowest BCUT2D eigenvalue weighted by Crippen LogP contribution is -2.57. The number of benzene rings is 1. The Bertz CT molecular complexity index is 1290. The van der Waals surface area contributed by atoms with E-state index in [0.29, 0.717) is 45.2 Å². The average Bonchev–Trinajstić information content (AvgIpc) is 3.01. The smallest absolute Gasteiger partial charge is 0.243 e. The minimum absolute atomic E-state index is 0.0936. The SMILES string of the molecule is COc1cc(NC(C)CCCNC(=O)[C@H](CCCCN)NC(=O)[C@H](C)NC(=O)[C@H](CC(C)C)NC(=O)[C@H](C)N)c2ncccc2c1. The predicted octanol–water partition coefficient (Wildman–Crippen LogP) is 1.94. The van der Waals surface area contributed by atoms with Gasteiger partial charge in [-0.15, -0.1) is 0 Å². The van der Waals surface area contributed by atoms with E-state index in [4.69, 9.17) is 16.2 Å². The van der Waals surface area contributed by atoms with Crippen LogP contribution in [0.2, 0.25) is 0 Å². The number of ether oxygens (including phenoxy) is 1. The number of unbranched alkanes of at least 4 members (excludes halogenated alkanes) is 1. The Morgan fingerprint density at radius 2 is 1.59 bits per heavy atom.